The van der Waals surface area contributed by atoms with E-state index in [-0.39, 0.29) is 6.04 Å². The zero-order chi connectivity index (χ0) is 14.7. The highest BCUT2D eigenvalue weighted by atomic mass is 16.5. The zero-order valence-corrected chi connectivity index (χ0v) is 12.4. The zero-order valence-electron chi connectivity index (χ0n) is 12.4. The molecule has 0 spiro atoms. The number of hydrogen-bond acceptors (Lipinski definition) is 4. The molecule has 1 heterocycles. The molecule has 108 valence electrons. The van der Waals surface area contributed by atoms with Crippen LogP contribution in [0.5, 0.6) is 5.75 Å². The maximum Gasteiger partial charge on any atom is 0.165 e. The lowest BCUT2D eigenvalue weighted by Crippen LogP contribution is -2.11. The average molecular weight is 275 g/mol. The Kier molecular flexibility index (Phi) is 4.39. The predicted molar refractivity (Wildman–Crippen MR) is 76.6 cm³/mol. The Bertz CT molecular complexity index is 576. The molecule has 0 aliphatic heterocycles. The van der Waals surface area contributed by atoms with Crippen molar-refractivity contribution in [1.82, 2.24) is 14.8 Å². The van der Waals surface area contributed by atoms with Crippen LogP contribution in [0, 0.1) is 6.92 Å². The molecular formula is C15H21N3O2. The smallest absolute Gasteiger partial charge is 0.165 e. The third-order valence-corrected chi connectivity index (χ3v) is 3.17. The summed E-state index contributed by atoms with van der Waals surface area (Å²) >= 11 is 0. The van der Waals surface area contributed by atoms with Crippen molar-refractivity contribution < 1.29 is 9.84 Å². The van der Waals surface area contributed by atoms with Crippen molar-refractivity contribution in [2.45, 2.75) is 46.4 Å². The normalized spacial score (nSPS) is 12.7. The highest BCUT2D eigenvalue weighted by Crippen LogP contribution is 2.23. The Hall–Kier alpha value is -1.88. The molecule has 0 fully saturated rings. The lowest BCUT2D eigenvalue weighted by atomic mass is 10.1. The van der Waals surface area contributed by atoms with Gasteiger partial charge >= 0.3 is 0 Å². The summed E-state index contributed by atoms with van der Waals surface area (Å²) in [4.78, 5) is 4.21. The van der Waals surface area contributed by atoms with Crippen molar-refractivity contribution in [3.63, 3.8) is 0 Å². The number of nitrogens with zero attached hydrogens (tertiary/aromatic N) is 3. The summed E-state index contributed by atoms with van der Waals surface area (Å²) in [7, 11) is 0. The van der Waals surface area contributed by atoms with Crippen LogP contribution in [0.4, 0.5) is 0 Å². The minimum Gasteiger partial charge on any atom is -0.485 e. The van der Waals surface area contributed by atoms with Crippen LogP contribution in [0.25, 0.3) is 0 Å². The van der Waals surface area contributed by atoms with Gasteiger partial charge in [0.25, 0.3) is 0 Å². The molecule has 20 heavy (non-hydrogen) atoms. The molecule has 0 bridgehead atoms. The third kappa shape index (κ3) is 3.17. The van der Waals surface area contributed by atoms with Crippen LogP contribution in [0.3, 0.4) is 0 Å². The summed E-state index contributed by atoms with van der Waals surface area (Å²) in [5.41, 5.74) is 1.89. The van der Waals surface area contributed by atoms with Crippen molar-refractivity contribution >= 4 is 0 Å². The van der Waals surface area contributed by atoms with E-state index in [9.17, 15) is 5.11 Å². The predicted octanol–water partition coefficient (Wildman–Crippen LogP) is 2.80. The molecule has 0 radical (unpaired) electrons. The van der Waals surface area contributed by atoms with Gasteiger partial charge in [0.1, 0.15) is 18.7 Å². The van der Waals surface area contributed by atoms with Gasteiger partial charge < -0.3 is 9.84 Å². The van der Waals surface area contributed by atoms with E-state index in [0.717, 1.165) is 22.7 Å². The first kappa shape index (κ1) is 14.5. The highest BCUT2D eigenvalue weighted by Gasteiger charge is 2.10. The maximum atomic E-state index is 9.55. The molecule has 1 N–H and O–H groups in total. The molecule has 2 aromatic rings. The van der Waals surface area contributed by atoms with Crippen molar-refractivity contribution in [2.75, 3.05) is 0 Å². The van der Waals surface area contributed by atoms with E-state index in [1.54, 1.807) is 13.3 Å². The number of aliphatic hydroxyl groups is 1. The molecule has 2 rings (SSSR count). The van der Waals surface area contributed by atoms with E-state index < -0.39 is 6.10 Å². The summed E-state index contributed by atoms with van der Waals surface area (Å²) in [5.74, 6) is 1.60. The van der Waals surface area contributed by atoms with E-state index in [0.29, 0.717) is 6.61 Å². The van der Waals surface area contributed by atoms with Crippen LogP contribution in [-0.4, -0.2) is 19.9 Å². The number of hydrogen-bond donors (Lipinski definition) is 1. The molecule has 5 heteroatoms. The molecule has 0 aliphatic rings. The van der Waals surface area contributed by atoms with Crippen LogP contribution in [0.2, 0.25) is 0 Å². The molecule has 5 nitrogen and oxygen atoms in total. The van der Waals surface area contributed by atoms with E-state index in [1.165, 1.54) is 0 Å². The van der Waals surface area contributed by atoms with E-state index in [1.807, 2.05) is 29.8 Å². The van der Waals surface area contributed by atoms with Gasteiger partial charge in [-0.2, -0.15) is 5.10 Å². The molecular weight excluding hydrogens is 254 g/mol. The number of aryl methyl sites for hydroxylation is 1. The van der Waals surface area contributed by atoms with Gasteiger partial charge in [-0.05, 0) is 51.0 Å². The van der Waals surface area contributed by atoms with E-state index in [2.05, 4.69) is 23.9 Å². The Labute approximate surface area is 119 Å². The van der Waals surface area contributed by atoms with Gasteiger partial charge in [-0.25, -0.2) is 9.67 Å². The topological polar surface area (TPSA) is 60.2 Å². The van der Waals surface area contributed by atoms with Crippen molar-refractivity contribution in [3.05, 3.63) is 41.5 Å². The van der Waals surface area contributed by atoms with Gasteiger partial charge in [0, 0.05) is 6.04 Å². The third-order valence-electron chi connectivity index (χ3n) is 3.17. The van der Waals surface area contributed by atoms with Crippen LogP contribution in [-0.2, 0) is 6.61 Å². The first-order valence-electron chi connectivity index (χ1n) is 6.79. The molecule has 0 aliphatic carbocycles. The molecule has 1 aromatic carbocycles. The fraction of sp³-hybridized carbons (Fsp3) is 0.467. The maximum absolute atomic E-state index is 9.55. The standard InChI is InChI=1S/C15H21N3O2/c1-10(2)18-15(16-9-17-18)8-20-14-6-5-13(12(4)19)7-11(14)3/h5-7,9-10,12,19H,8H2,1-4H3/t12-/m1/s1. The summed E-state index contributed by atoms with van der Waals surface area (Å²) in [5, 5.41) is 13.7. The lowest BCUT2D eigenvalue weighted by Gasteiger charge is -2.13. The first-order valence-corrected chi connectivity index (χ1v) is 6.79. The monoisotopic (exact) mass is 275 g/mol. The Morgan fingerprint density at radius 2 is 2.05 bits per heavy atom. The van der Waals surface area contributed by atoms with Gasteiger partial charge in [-0.15, -0.1) is 0 Å². The molecule has 1 atom stereocenters. The fourth-order valence-corrected chi connectivity index (χ4v) is 2.05. The van der Waals surface area contributed by atoms with E-state index in [4.69, 9.17) is 4.74 Å². The van der Waals surface area contributed by atoms with Crippen LogP contribution in [0.1, 0.15) is 49.9 Å². The van der Waals surface area contributed by atoms with Gasteiger partial charge in [0.2, 0.25) is 0 Å². The quantitative estimate of drug-likeness (QED) is 0.911. The van der Waals surface area contributed by atoms with Gasteiger partial charge in [-0.3, -0.25) is 0 Å². The number of benzene rings is 1. The number of aliphatic hydroxyl groups excluding tert-OH is 1. The molecule has 0 unspecified atom stereocenters. The van der Waals surface area contributed by atoms with E-state index >= 15 is 0 Å². The second-order valence-corrected chi connectivity index (χ2v) is 5.20. The Balaban J connectivity index is 2.09. The van der Waals surface area contributed by atoms with Gasteiger partial charge in [-0.1, -0.05) is 6.07 Å². The average Bonchev–Trinajstić information content (AvgIpc) is 2.85. The summed E-state index contributed by atoms with van der Waals surface area (Å²) in [6, 6.07) is 5.95. The molecule has 0 saturated heterocycles. The molecule has 0 saturated carbocycles. The van der Waals surface area contributed by atoms with Crippen LogP contribution >= 0.6 is 0 Å². The number of aromatic nitrogens is 3. The van der Waals surface area contributed by atoms with Crippen molar-refractivity contribution in [2.24, 2.45) is 0 Å². The summed E-state index contributed by atoms with van der Waals surface area (Å²) < 4.78 is 7.65. The largest absolute Gasteiger partial charge is 0.485 e. The number of rotatable bonds is 5. The second kappa shape index (κ2) is 6.05. The molecule has 0 amide bonds. The fourth-order valence-electron chi connectivity index (χ4n) is 2.05. The first-order chi connectivity index (χ1) is 9.49. The lowest BCUT2D eigenvalue weighted by molar-refractivity contribution is 0.199. The van der Waals surface area contributed by atoms with Crippen molar-refractivity contribution in [1.29, 1.82) is 0 Å². The van der Waals surface area contributed by atoms with Crippen molar-refractivity contribution in [3.8, 4) is 5.75 Å². The Morgan fingerprint density at radius 1 is 1.30 bits per heavy atom. The minimum absolute atomic E-state index is 0.259. The van der Waals surface area contributed by atoms with Gasteiger partial charge in [0.05, 0.1) is 6.10 Å². The van der Waals surface area contributed by atoms with Gasteiger partial charge in [0.15, 0.2) is 5.82 Å². The number of ether oxygens (including phenoxy) is 1. The SMILES string of the molecule is Cc1cc([C@@H](C)O)ccc1OCc1ncnn1C(C)C. The minimum atomic E-state index is -0.466. The summed E-state index contributed by atoms with van der Waals surface area (Å²) in [6.45, 7) is 8.21. The summed E-state index contributed by atoms with van der Waals surface area (Å²) in [6.07, 6.45) is 1.08. The Morgan fingerprint density at radius 3 is 2.65 bits per heavy atom. The van der Waals surface area contributed by atoms with Crippen LogP contribution < -0.4 is 4.74 Å². The molecule has 1 aromatic heterocycles. The van der Waals surface area contributed by atoms with Crippen LogP contribution in [0.15, 0.2) is 24.5 Å². The second-order valence-electron chi connectivity index (χ2n) is 5.20. The highest BCUT2D eigenvalue weighted by molar-refractivity contribution is 5.36.